The third-order valence-corrected chi connectivity index (χ3v) is 2.97. The van der Waals surface area contributed by atoms with Crippen LogP contribution in [0, 0.1) is 0 Å². The second-order valence-corrected chi connectivity index (χ2v) is 4.20. The molecule has 0 atom stereocenters. The highest BCUT2D eigenvalue weighted by atomic mass is 16.5. The molecule has 0 aromatic heterocycles. The zero-order valence-electron chi connectivity index (χ0n) is 10.4. The molecule has 2 heteroatoms. The minimum atomic E-state index is -0.00184. The number of unbranched alkanes of at least 4 members (excludes halogenated alkanes) is 1. The fourth-order valence-corrected chi connectivity index (χ4v) is 2.02. The summed E-state index contributed by atoms with van der Waals surface area (Å²) in [6, 6.07) is 12.0. The van der Waals surface area contributed by atoms with Gasteiger partial charge in [-0.25, -0.2) is 0 Å². The maximum Gasteiger partial charge on any atom is 0.125 e. The lowest BCUT2D eigenvalue weighted by Crippen LogP contribution is -2.00. The van der Waals surface area contributed by atoms with E-state index < -0.39 is 0 Å². The van der Waals surface area contributed by atoms with Gasteiger partial charge in [-0.15, -0.1) is 6.58 Å². The fourth-order valence-electron chi connectivity index (χ4n) is 2.02. The van der Waals surface area contributed by atoms with E-state index in [1.165, 1.54) is 0 Å². The Morgan fingerprint density at radius 1 is 1.17 bits per heavy atom. The van der Waals surface area contributed by atoms with Gasteiger partial charge in [0.2, 0.25) is 0 Å². The molecule has 0 radical (unpaired) electrons. The van der Waals surface area contributed by atoms with Gasteiger partial charge in [0, 0.05) is 5.56 Å². The molecule has 0 bridgehead atoms. The quantitative estimate of drug-likeness (QED) is 0.618. The molecule has 0 aliphatic heterocycles. The van der Waals surface area contributed by atoms with Crippen LogP contribution in [0.4, 0.5) is 0 Å². The van der Waals surface area contributed by atoms with Crippen LogP contribution in [0.25, 0.3) is 10.8 Å². The van der Waals surface area contributed by atoms with Gasteiger partial charge in [-0.1, -0.05) is 36.4 Å². The van der Waals surface area contributed by atoms with Gasteiger partial charge in [0.25, 0.3) is 0 Å². The molecule has 1 N–H and O–H groups in total. The fraction of sp³-hybridized carbons (Fsp3) is 0.250. The first-order valence-corrected chi connectivity index (χ1v) is 6.22. The van der Waals surface area contributed by atoms with E-state index in [2.05, 4.69) is 6.58 Å². The van der Waals surface area contributed by atoms with Crippen molar-refractivity contribution in [2.75, 3.05) is 6.61 Å². The van der Waals surface area contributed by atoms with E-state index in [0.29, 0.717) is 6.61 Å². The summed E-state index contributed by atoms with van der Waals surface area (Å²) in [5.41, 5.74) is 0.867. The Balaban J connectivity index is 2.24. The third-order valence-electron chi connectivity index (χ3n) is 2.97. The molecule has 18 heavy (non-hydrogen) atoms. The van der Waals surface area contributed by atoms with E-state index in [9.17, 15) is 5.11 Å². The highest BCUT2D eigenvalue weighted by Gasteiger charge is 2.07. The predicted octanol–water partition coefficient (Wildman–Crippen LogP) is 3.68. The van der Waals surface area contributed by atoms with Gasteiger partial charge in [0.05, 0.1) is 13.2 Å². The number of allylic oxidation sites excluding steroid dienone is 1. The van der Waals surface area contributed by atoms with Gasteiger partial charge in [0.1, 0.15) is 5.75 Å². The second kappa shape index (κ2) is 6.22. The smallest absolute Gasteiger partial charge is 0.125 e. The van der Waals surface area contributed by atoms with E-state index in [1.807, 2.05) is 42.5 Å². The van der Waals surface area contributed by atoms with Crippen molar-refractivity contribution >= 4 is 10.8 Å². The first kappa shape index (κ1) is 12.7. The zero-order valence-corrected chi connectivity index (χ0v) is 10.4. The van der Waals surface area contributed by atoms with Crippen molar-refractivity contribution in [1.82, 2.24) is 0 Å². The van der Waals surface area contributed by atoms with E-state index >= 15 is 0 Å². The molecule has 0 saturated heterocycles. The van der Waals surface area contributed by atoms with Crippen LogP contribution in [0.2, 0.25) is 0 Å². The van der Waals surface area contributed by atoms with Gasteiger partial charge in [0.15, 0.2) is 0 Å². The lowest BCUT2D eigenvalue weighted by molar-refractivity contribution is 0.263. The zero-order chi connectivity index (χ0) is 12.8. The first-order valence-electron chi connectivity index (χ1n) is 6.22. The van der Waals surface area contributed by atoms with Crippen LogP contribution in [0.5, 0.6) is 5.75 Å². The molecule has 2 aromatic carbocycles. The maximum absolute atomic E-state index is 9.52. The third kappa shape index (κ3) is 2.71. The molecule has 2 aromatic rings. The summed E-state index contributed by atoms with van der Waals surface area (Å²) in [5, 5.41) is 11.7. The molecule has 0 spiro atoms. The van der Waals surface area contributed by atoms with E-state index in [-0.39, 0.29) is 6.61 Å². The Morgan fingerprint density at radius 3 is 2.78 bits per heavy atom. The SMILES string of the molecule is C=CCCCOc1ccc2ccccc2c1CO. The van der Waals surface area contributed by atoms with Crippen molar-refractivity contribution in [2.45, 2.75) is 19.4 Å². The second-order valence-electron chi connectivity index (χ2n) is 4.20. The maximum atomic E-state index is 9.52. The van der Waals surface area contributed by atoms with Crippen LogP contribution in [-0.2, 0) is 6.61 Å². The van der Waals surface area contributed by atoms with Crippen molar-refractivity contribution in [2.24, 2.45) is 0 Å². The molecule has 94 valence electrons. The van der Waals surface area contributed by atoms with Gasteiger partial charge in [-0.2, -0.15) is 0 Å². The Bertz CT molecular complexity index is 532. The molecule has 0 heterocycles. The molecule has 0 saturated carbocycles. The van der Waals surface area contributed by atoms with Crippen molar-refractivity contribution in [1.29, 1.82) is 0 Å². The monoisotopic (exact) mass is 242 g/mol. The van der Waals surface area contributed by atoms with E-state index in [1.54, 1.807) is 0 Å². The lowest BCUT2D eigenvalue weighted by atomic mass is 10.0. The predicted molar refractivity (Wildman–Crippen MR) is 74.8 cm³/mol. The van der Waals surface area contributed by atoms with Crippen LogP contribution in [0.15, 0.2) is 49.1 Å². The first-order chi connectivity index (χ1) is 8.86. The number of ether oxygens (including phenoxy) is 1. The largest absolute Gasteiger partial charge is 0.493 e. The van der Waals surface area contributed by atoms with Gasteiger partial charge in [-0.05, 0) is 29.7 Å². The van der Waals surface area contributed by atoms with Crippen LogP contribution in [0.1, 0.15) is 18.4 Å². The van der Waals surface area contributed by atoms with Crippen LogP contribution < -0.4 is 4.74 Å². The Labute approximate surface area is 108 Å². The Kier molecular flexibility index (Phi) is 4.37. The minimum Gasteiger partial charge on any atom is -0.493 e. The van der Waals surface area contributed by atoms with Crippen molar-refractivity contribution in [3.05, 3.63) is 54.6 Å². The molecule has 0 aliphatic carbocycles. The molecule has 2 rings (SSSR count). The van der Waals surface area contributed by atoms with Gasteiger partial charge >= 0.3 is 0 Å². The van der Waals surface area contributed by atoms with Gasteiger partial charge < -0.3 is 9.84 Å². The highest BCUT2D eigenvalue weighted by Crippen LogP contribution is 2.28. The minimum absolute atomic E-state index is 0.00184. The molecular weight excluding hydrogens is 224 g/mol. The van der Waals surface area contributed by atoms with Crippen molar-refractivity contribution in [3.8, 4) is 5.75 Å². The van der Waals surface area contributed by atoms with Crippen molar-refractivity contribution in [3.63, 3.8) is 0 Å². The summed E-state index contributed by atoms with van der Waals surface area (Å²) in [7, 11) is 0. The summed E-state index contributed by atoms with van der Waals surface area (Å²) in [6.07, 6.45) is 3.78. The topological polar surface area (TPSA) is 29.5 Å². The molecular formula is C16H18O2. The van der Waals surface area contributed by atoms with Crippen LogP contribution in [0.3, 0.4) is 0 Å². The molecule has 0 unspecified atom stereocenters. The number of aliphatic hydroxyl groups excluding tert-OH is 1. The Morgan fingerprint density at radius 2 is 2.00 bits per heavy atom. The van der Waals surface area contributed by atoms with Crippen molar-refractivity contribution < 1.29 is 9.84 Å². The molecule has 2 nitrogen and oxygen atoms in total. The summed E-state index contributed by atoms with van der Waals surface area (Å²) in [5.74, 6) is 0.778. The average molecular weight is 242 g/mol. The van der Waals surface area contributed by atoms with E-state index in [0.717, 1.165) is 34.9 Å². The van der Waals surface area contributed by atoms with Crippen LogP contribution >= 0.6 is 0 Å². The summed E-state index contributed by atoms with van der Waals surface area (Å²) >= 11 is 0. The molecule has 0 amide bonds. The Hall–Kier alpha value is -1.80. The highest BCUT2D eigenvalue weighted by molar-refractivity contribution is 5.87. The van der Waals surface area contributed by atoms with Crippen LogP contribution in [-0.4, -0.2) is 11.7 Å². The number of rotatable bonds is 6. The number of fused-ring (bicyclic) bond motifs is 1. The van der Waals surface area contributed by atoms with Gasteiger partial charge in [-0.3, -0.25) is 0 Å². The number of hydrogen-bond donors (Lipinski definition) is 1. The van der Waals surface area contributed by atoms with E-state index in [4.69, 9.17) is 4.74 Å². The summed E-state index contributed by atoms with van der Waals surface area (Å²) < 4.78 is 5.73. The summed E-state index contributed by atoms with van der Waals surface area (Å²) in [4.78, 5) is 0. The lowest BCUT2D eigenvalue weighted by Gasteiger charge is -2.12. The number of hydrogen-bond acceptors (Lipinski definition) is 2. The molecule has 0 aliphatic rings. The standard InChI is InChI=1S/C16H18O2/c1-2-3-6-11-18-16-10-9-13-7-4-5-8-14(13)15(16)12-17/h2,4-5,7-10,17H,1,3,6,11-12H2. The molecule has 0 fully saturated rings. The number of aliphatic hydroxyl groups is 1. The average Bonchev–Trinajstić information content (AvgIpc) is 2.43. The number of benzene rings is 2. The summed E-state index contributed by atoms with van der Waals surface area (Å²) in [6.45, 7) is 4.33. The normalized spacial score (nSPS) is 10.5.